The molecule has 1 atom stereocenters. The topological polar surface area (TPSA) is 29.3 Å². The molecule has 0 aliphatic carbocycles. The molecule has 0 aliphatic heterocycles. The number of nitrogens with zero attached hydrogens (tertiary/aromatic N) is 1. The van der Waals surface area contributed by atoms with E-state index in [0.717, 1.165) is 0 Å². The Morgan fingerprint density at radius 1 is 1.19 bits per heavy atom. The lowest BCUT2D eigenvalue weighted by atomic mass is 9.95. The molecule has 21 heavy (non-hydrogen) atoms. The lowest BCUT2D eigenvalue weighted by molar-refractivity contribution is 0.603. The highest BCUT2D eigenvalue weighted by Gasteiger charge is 2.23. The number of para-hydroxylation sites is 1. The third-order valence-electron chi connectivity index (χ3n) is 3.62. The van der Waals surface area contributed by atoms with E-state index in [-0.39, 0.29) is 17.3 Å². The Kier molecular flexibility index (Phi) is 4.69. The quantitative estimate of drug-likeness (QED) is 0.911. The number of nitrogens with two attached hydrogens (primary N) is 1. The molecule has 1 aromatic carbocycles. The molecule has 1 unspecified atom stereocenters. The lowest BCUT2D eigenvalue weighted by Gasteiger charge is -2.28. The first-order chi connectivity index (χ1) is 9.84. The summed E-state index contributed by atoms with van der Waals surface area (Å²) in [5.41, 5.74) is 6.66. The molecule has 0 radical (unpaired) electrons. The zero-order valence-electron chi connectivity index (χ0n) is 13.1. The van der Waals surface area contributed by atoms with Crippen LogP contribution in [0.4, 0.5) is 10.1 Å². The summed E-state index contributed by atoms with van der Waals surface area (Å²) in [6.07, 6.45) is 0. The average molecular weight is 306 g/mol. The minimum atomic E-state index is -0.217. The van der Waals surface area contributed by atoms with Gasteiger partial charge in [-0.1, -0.05) is 32.9 Å². The molecule has 0 spiro atoms. The van der Waals surface area contributed by atoms with Crippen molar-refractivity contribution in [2.75, 3.05) is 18.5 Å². The van der Waals surface area contributed by atoms with Gasteiger partial charge in [0.15, 0.2) is 0 Å². The van der Waals surface area contributed by atoms with Gasteiger partial charge in [0, 0.05) is 23.3 Å². The van der Waals surface area contributed by atoms with Gasteiger partial charge < -0.3 is 10.6 Å². The van der Waals surface area contributed by atoms with Gasteiger partial charge in [0.2, 0.25) is 0 Å². The second-order valence-corrected chi connectivity index (χ2v) is 7.38. The van der Waals surface area contributed by atoms with Crippen LogP contribution in [0.25, 0.3) is 0 Å². The smallest absolute Gasteiger partial charge is 0.146 e. The first kappa shape index (κ1) is 16.0. The van der Waals surface area contributed by atoms with Crippen molar-refractivity contribution in [3.05, 3.63) is 52.0 Å². The van der Waals surface area contributed by atoms with Crippen molar-refractivity contribution in [3.63, 3.8) is 0 Å². The Morgan fingerprint density at radius 2 is 1.86 bits per heavy atom. The molecule has 0 aliphatic rings. The second-order valence-electron chi connectivity index (χ2n) is 6.27. The Balaban J connectivity index is 2.32. The van der Waals surface area contributed by atoms with E-state index in [1.807, 2.05) is 18.0 Å². The van der Waals surface area contributed by atoms with E-state index in [1.165, 1.54) is 15.8 Å². The average Bonchev–Trinajstić information content (AvgIpc) is 2.89. The van der Waals surface area contributed by atoms with Crippen LogP contribution in [0, 0.1) is 5.82 Å². The molecule has 0 saturated carbocycles. The summed E-state index contributed by atoms with van der Waals surface area (Å²) >= 11 is 1.76. The largest absolute Gasteiger partial charge is 0.363 e. The van der Waals surface area contributed by atoms with Gasteiger partial charge in [-0.15, -0.1) is 11.3 Å². The number of benzene rings is 1. The van der Waals surface area contributed by atoms with Crippen LogP contribution in [0.1, 0.15) is 36.6 Å². The van der Waals surface area contributed by atoms with Crippen molar-refractivity contribution < 1.29 is 4.39 Å². The molecule has 0 saturated heterocycles. The van der Waals surface area contributed by atoms with Gasteiger partial charge in [0.25, 0.3) is 0 Å². The normalized spacial score (nSPS) is 13.2. The maximum atomic E-state index is 14.0. The van der Waals surface area contributed by atoms with Crippen molar-refractivity contribution in [2.24, 2.45) is 5.73 Å². The molecular weight excluding hydrogens is 283 g/mol. The van der Waals surface area contributed by atoms with E-state index in [2.05, 4.69) is 32.9 Å². The molecule has 1 aromatic heterocycles. The van der Waals surface area contributed by atoms with E-state index in [4.69, 9.17) is 5.73 Å². The Labute approximate surface area is 130 Å². The minimum Gasteiger partial charge on any atom is -0.363 e. The van der Waals surface area contributed by atoms with Crippen LogP contribution >= 0.6 is 11.3 Å². The van der Waals surface area contributed by atoms with Crippen LogP contribution in [0.2, 0.25) is 0 Å². The van der Waals surface area contributed by atoms with Crippen molar-refractivity contribution in [1.82, 2.24) is 0 Å². The van der Waals surface area contributed by atoms with Gasteiger partial charge in [0.05, 0.1) is 11.7 Å². The maximum Gasteiger partial charge on any atom is 0.146 e. The number of thiophene rings is 1. The number of halogens is 1. The first-order valence-electron chi connectivity index (χ1n) is 7.12. The van der Waals surface area contributed by atoms with Gasteiger partial charge in [-0.25, -0.2) is 4.39 Å². The molecule has 0 amide bonds. The Morgan fingerprint density at radius 3 is 2.38 bits per heavy atom. The molecule has 114 valence electrons. The van der Waals surface area contributed by atoms with E-state index >= 15 is 0 Å². The molecule has 2 nitrogen and oxygen atoms in total. The number of likely N-dealkylation sites (N-methyl/N-ethyl adjacent to an activating group) is 1. The highest BCUT2D eigenvalue weighted by molar-refractivity contribution is 7.12. The van der Waals surface area contributed by atoms with E-state index in [0.29, 0.717) is 12.2 Å². The standard InChI is InChI=1S/C17H23FN2S/c1-17(2,3)16-10-9-15(21-16)14(11-19)20(4)13-8-6-5-7-12(13)18/h5-10,14H,11,19H2,1-4H3. The van der Waals surface area contributed by atoms with Crippen molar-refractivity contribution >= 4 is 17.0 Å². The molecule has 2 aromatic rings. The molecule has 0 fully saturated rings. The van der Waals surface area contributed by atoms with Crippen molar-refractivity contribution in [2.45, 2.75) is 32.2 Å². The van der Waals surface area contributed by atoms with Gasteiger partial charge in [-0.2, -0.15) is 0 Å². The summed E-state index contributed by atoms with van der Waals surface area (Å²) in [6.45, 7) is 7.04. The Hall–Kier alpha value is -1.39. The van der Waals surface area contributed by atoms with Crippen LogP contribution in [0.15, 0.2) is 36.4 Å². The highest BCUT2D eigenvalue weighted by Crippen LogP contribution is 2.35. The number of anilines is 1. The monoisotopic (exact) mass is 306 g/mol. The third kappa shape index (κ3) is 3.44. The third-order valence-corrected chi connectivity index (χ3v) is 5.23. The summed E-state index contributed by atoms with van der Waals surface area (Å²) in [7, 11) is 1.90. The summed E-state index contributed by atoms with van der Waals surface area (Å²) < 4.78 is 14.0. The van der Waals surface area contributed by atoms with Crippen molar-refractivity contribution in [1.29, 1.82) is 0 Å². The summed E-state index contributed by atoms with van der Waals surface area (Å²) in [4.78, 5) is 4.42. The van der Waals surface area contributed by atoms with E-state index < -0.39 is 0 Å². The lowest BCUT2D eigenvalue weighted by Crippen LogP contribution is -2.30. The van der Waals surface area contributed by atoms with Gasteiger partial charge in [-0.05, 0) is 29.7 Å². The van der Waals surface area contributed by atoms with Crippen LogP contribution in [0.5, 0.6) is 0 Å². The molecule has 2 rings (SSSR count). The first-order valence-corrected chi connectivity index (χ1v) is 7.94. The van der Waals surface area contributed by atoms with E-state index in [9.17, 15) is 4.39 Å². The van der Waals surface area contributed by atoms with Gasteiger partial charge in [-0.3, -0.25) is 0 Å². The number of hydrogen-bond acceptors (Lipinski definition) is 3. The zero-order chi connectivity index (χ0) is 15.6. The van der Waals surface area contributed by atoms with Crippen LogP contribution in [-0.4, -0.2) is 13.6 Å². The highest BCUT2D eigenvalue weighted by atomic mass is 32.1. The van der Waals surface area contributed by atoms with Crippen LogP contribution < -0.4 is 10.6 Å². The van der Waals surface area contributed by atoms with Gasteiger partial charge >= 0.3 is 0 Å². The maximum absolute atomic E-state index is 14.0. The Bertz CT molecular complexity index is 601. The summed E-state index contributed by atoms with van der Waals surface area (Å²) in [5.74, 6) is -0.217. The fraction of sp³-hybridized carbons (Fsp3) is 0.412. The van der Waals surface area contributed by atoms with Gasteiger partial charge in [0.1, 0.15) is 5.82 Å². The molecule has 2 N–H and O–H groups in total. The predicted octanol–water partition coefficient (Wildman–Crippen LogP) is 4.32. The fourth-order valence-corrected chi connectivity index (χ4v) is 3.53. The SMILES string of the molecule is CN(c1ccccc1F)C(CN)c1ccc(C(C)(C)C)s1. The fourth-order valence-electron chi connectivity index (χ4n) is 2.31. The summed E-state index contributed by atoms with van der Waals surface area (Å²) in [5, 5.41) is 0. The molecule has 4 heteroatoms. The van der Waals surface area contributed by atoms with Crippen LogP contribution in [0.3, 0.4) is 0 Å². The summed E-state index contributed by atoms with van der Waals surface area (Å²) in [6, 6.07) is 11.1. The van der Waals surface area contributed by atoms with E-state index in [1.54, 1.807) is 23.5 Å². The molecule has 1 heterocycles. The minimum absolute atomic E-state index is 0.0111. The number of rotatable bonds is 4. The zero-order valence-corrected chi connectivity index (χ0v) is 13.9. The van der Waals surface area contributed by atoms with Crippen LogP contribution in [-0.2, 0) is 5.41 Å². The molecular formula is C17H23FN2S. The molecule has 0 bridgehead atoms. The predicted molar refractivity (Wildman–Crippen MR) is 89.6 cm³/mol. The number of hydrogen-bond donors (Lipinski definition) is 1. The second kappa shape index (κ2) is 6.16. The van der Waals surface area contributed by atoms with Crippen molar-refractivity contribution in [3.8, 4) is 0 Å².